The lowest BCUT2D eigenvalue weighted by Crippen LogP contribution is -2.17. The summed E-state index contributed by atoms with van der Waals surface area (Å²) in [5.74, 6) is 0.309. The van der Waals surface area contributed by atoms with E-state index in [2.05, 4.69) is 21.9 Å². The molecule has 1 atom stereocenters. The number of nitrogens with one attached hydrogen (secondary N) is 2. The highest BCUT2D eigenvalue weighted by molar-refractivity contribution is 7.92. The highest BCUT2D eigenvalue weighted by Crippen LogP contribution is 2.21. The number of aromatic nitrogens is 1. The van der Waals surface area contributed by atoms with Crippen LogP contribution in [0.2, 0.25) is 0 Å². The van der Waals surface area contributed by atoms with E-state index in [1.807, 2.05) is 13.1 Å². The van der Waals surface area contributed by atoms with Crippen molar-refractivity contribution in [2.75, 3.05) is 11.8 Å². The molecule has 0 saturated heterocycles. The van der Waals surface area contributed by atoms with Crippen molar-refractivity contribution >= 4 is 15.8 Å². The Balaban J connectivity index is 2.30. The van der Waals surface area contributed by atoms with E-state index < -0.39 is 10.0 Å². The number of sulfonamides is 1. The van der Waals surface area contributed by atoms with Gasteiger partial charge < -0.3 is 5.32 Å². The van der Waals surface area contributed by atoms with Gasteiger partial charge in [0.1, 0.15) is 5.82 Å². The topological polar surface area (TPSA) is 71.1 Å². The van der Waals surface area contributed by atoms with Gasteiger partial charge in [-0.1, -0.05) is 25.1 Å². The van der Waals surface area contributed by atoms with Crippen molar-refractivity contribution in [3.8, 4) is 0 Å². The third kappa shape index (κ3) is 3.80. The van der Waals surface area contributed by atoms with Gasteiger partial charge in [0.2, 0.25) is 0 Å². The molecule has 1 aromatic carbocycles. The molecule has 21 heavy (non-hydrogen) atoms. The minimum absolute atomic E-state index is 0.134. The molecule has 0 fully saturated rings. The van der Waals surface area contributed by atoms with Crippen LogP contribution in [0.5, 0.6) is 0 Å². The molecule has 1 aromatic heterocycles. The Morgan fingerprint density at radius 2 is 2.00 bits per heavy atom. The molecule has 0 spiro atoms. The predicted octanol–water partition coefficient (Wildman–Crippen LogP) is 2.55. The zero-order valence-corrected chi connectivity index (χ0v) is 12.9. The number of hydrogen-bond donors (Lipinski definition) is 2. The second-order valence-corrected chi connectivity index (χ2v) is 6.32. The first-order chi connectivity index (χ1) is 10.1. The summed E-state index contributed by atoms with van der Waals surface area (Å²) in [5.41, 5.74) is 0.948. The zero-order chi connectivity index (χ0) is 15.3. The van der Waals surface area contributed by atoms with E-state index in [0.29, 0.717) is 5.82 Å². The maximum atomic E-state index is 12.4. The van der Waals surface area contributed by atoms with Crippen molar-refractivity contribution < 1.29 is 8.42 Å². The molecule has 6 heteroatoms. The van der Waals surface area contributed by atoms with Crippen LogP contribution in [0.25, 0.3) is 0 Å². The van der Waals surface area contributed by atoms with E-state index in [1.54, 1.807) is 42.6 Å². The van der Waals surface area contributed by atoms with E-state index in [0.717, 1.165) is 12.0 Å². The molecule has 1 unspecified atom stereocenters. The third-order valence-electron chi connectivity index (χ3n) is 3.23. The van der Waals surface area contributed by atoms with E-state index in [4.69, 9.17) is 0 Å². The summed E-state index contributed by atoms with van der Waals surface area (Å²) in [7, 11) is -1.76. The van der Waals surface area contributed by atoms with Gasteiger partial charge in [-0.3, -0.25) is 4.72 Å². The second-order valence-electron chi connectivity index (χ2n) is 4.64. The molecule has 0 aliphatic carbocycles. The normalized spacial score (nSPS) is 12.9. The summed E-state index contributed by atoms with van der Waals surface area (Å²) in [5, 5.41) is 3.17. The molecular weight excluding hydrogens is 286 g/mol. The van der Waals surface area contributed by atoms with Crippen LogP contribution in [0.1, 0.15) is 24.9 Å². The second kappa shape index (κ2) is 6.69. The largest absolute Gasteiger partial charge is 0.313 e. The van der Waals surface area contributed by atoms with Crippen LogP contribution < -0.4 is 10.0 Å². The van der Waals surface area contributed by atoms with Gasteiger partial charge in [-0.25, -0.2) is 13.4 Å². The van der Waals surface area contributed by atoms with Crippen molar-refractivity contribution in [1.82, 2.24) is 10.3 Å². The van der Waals surface area contributed by atoms with Crippen molar-refractivity contribution in [3.63, 3.8) is 0 Å². The molecule has 5 nitrogen and oxygen atoms in total. The quantitative estimate of drug-likeness (QED) is 0.860. The van der Waals surface area contributed by atoms with Crippen molar-refractivity contribution in [2.45, 2.75) is 24.3 Å². The van der Waals surface area contributed by atoms with Crippen LogP contribution in [0.3, 0.4) is 0 Å². The standard InChI is InChI=1S/C15H19N3O2S/c1-3-14(16-2)12-7-6-8-13(11-12)21(19,20)18-15-9-4-5-10-17-15/h4-11,14,16H,3H2,1-2H3,(H,17,18). The highest BCUT2D eigenvalue weighted by Gasteiger charge is 2.16. The molecule has 0 aliphatic rings. The molecule has 0 amide bonds. The van der Waals surface area contributed by atoms with Crippen molar-refractivity contribution in [3.05, 3.63) is 54.2 Å². The van der Waals surface area contributed by atoms with E-state index in [-0.39, 0.29) is 10.9 Å². The van der Waals surface area contributed by atoms with Gasteiger partial charge >= 0.3 is 0 Å². The van der Waals surface area contributed by atoms with E-state index in [1.165, 1.54) is 0 Å². The Hall–Kier alpha value is -1.92. The van der Waals surface area contributed by atoms with E-state index >= 15 is 0 Å². The van der Waals surface area contributed by atoms with Crippen LogP contribution in [0.4, 0.5) is 5.82 Å². The summed E-state index contributed by atoms with van der Waals surface area (Å²) < 4.78 is 27.2. The lowest BCUT2D eigenvalue weighted by molar-refractivity contribution is 0.574. The first kappa shape index (κ1) is 15.5. The van der Waals surface area contributed by atoms with Crippen LogP contribution in [-0.2, 0) is 10.0 Å². The number of hydrogen-bond acceptors (Lipinski definition) is 4. The van der Waals surface area contributed by atoms with Crippen LogP contribution >= 0.6 is 0 Å². The predicted molar refractivity (Wildman–Crippen MR) is 83.6 cm³/mol. The first-order valence-electron chi connectivity index (χ1n) is 6.78. The minimum atomic E-state index is -3.63. The summed E-state index contributed by atoms with van der Waals surface area (Å²) >= 11 is 0. The summed E-state index contributed by atoms with van der Waals surface area (Å²) in [6.07, 6.45) is 2.43. The lowest BCUT2D eigenvalue weighted by atomic mass is 10.1. The Labute approximate surface area is 125 Å². The van der Waals surface area contributed by atoms with Crippen LogP contribution in [-0.4, -0.2) is 20.4 Å². The maximum Gasteiger partial charge on any atom is 0.263 e. The SMILES string of the molecule is CCC(NC)c1cccc(S(=O)(=O)Nc2ccccn2)c1. The number of anilines is 1. The molecule has 0 saturated carbocycles. The van der Waals surface area contributed by atoms with E-state index in [9.17, 15) is 8.42 Å². The molecule has 0 radical (unpaired) electrons. The fraction of sp³-hybridized carbons (Fsp3) is 0.267. The fourth-order valence-electron chi connectivity index (χ4n) is 2.12. The van der Waals surface area contributed by atoms with Gasteiger partial charge in [0.25, 0.3) is 10.0 Å². The molecular formula is C15H19N3O2S. The van der Waals surface area contributed by atoms with Gasteiger partial charge in [0, 0.05) is 12.2 Å². The Morgan fingerprint density at radius 3 is 2.62 bits per heavy atom. The highest BCUT2D eigenvalue weighted by atomic mass is 32.2. The molecule has 2 N–H and O–H groups in total. The lowest BCUT2D eigenvalue weighted by Gasteiger charge is -2.15. The molecule has 0 bridgehead atoms. The van der Waals surface area contributed by atoms with Gasteiger partial charge in [-0.2, -0.15) is 0 Å². The molecule has 1 heterocycles. The van der Waals surface area contributed by atoms with Crippen molar-refractivity contribution in [1.29, 1.82) is 0 Å². The number of pyridine rings is 1. The van der Waals surface area contributed by atoms with Crippen LogP contribution in [0.15, 0.2) is 53.6 Å². The van der Waals surface area contributed by atoms with Crippen LogP contribution in [0, 0.1) is 0 Å². The van der Waals surface area contributed by atoms with Gasteiger partial charge in [0.15, 0.2) is 0 Å². The Morgan fingerprint density at radius 1 is 1.19 bits per heavy atom. The molecule has 112 valence electrons. The fourth-order valence-corrected chi connectivity index (χ4v) is 3.19. The number of benzene rings is 1. The monoisotopic (exact) mass is 305 g/mol. The summed E-state index contributed by atoms with van der Waals surface area (Å²) in [6.45, 7) is 2.05. The average Bonchev–Trinajstić information content (AvgIpc) is 2.49. The first-order valence-corrected chi connectivity index (χ1v) is 8.26. The smallest absolute Gasteiger partial charge is 0.263 e. The minimum Gasteiger partial charge on any atom is -0.313 e. The summed E-state index contributed by atoms with van der Waals surface area (Å²) in [4.78, 5) is 4.21. The summed E-state index contributed by atoms with van der Waals surface area (Å²) in [6, 6.07) is 12.2. The number of nitrogens with zero attached hydrogens (tertiary/aromatic N) is 1. The average molecular weight is 305 g/mol. The molecule has 2 rings (SSSR count). The van der Waals surface area contributed by atoms with Crippen molar-refractivity contribution in [2.24, 2.45) is 0 Å². The zero-order valence-electron chi connectivity index (χ0n) is 12.1. The Bertz CT molecular complexity index is 683. The molecule has 2 aromatic rings. The maximum absolute atomic E-state index is 12.4. The third-order valence-corrected chi connectivity index (χ3v) is 4.58. The van der Waals surface area contributed by atoms with Gasteiger partial charge in [-0.05, 0) is 43.3 Å². The van der Waals surface area contributed by atoms with Gasteiger partial charge in [-0.15, -0.1) is 0 Å². The molecule has 0 aliphatic heterocycles. The number of rotatable bonds is 6. The van der Waals surface area contributed by atoms with Gasteiger partial charge in [0.05, 0.1) is 4.90 Å². The Kier molecular flexibility index (Phi) is 4.93.